The maximum Gasteiger partial charge on any atom is 0.241 e. The maximum atomic E-state index is 12.2. The van der Waals surface area contributed by atoms with Gasteiger partial charge in [0.1, 0.15) is 0 Å². The summed E-state index contributed by atoms with van der Waals surface area (Å²) < 4.78 is 27.8. The fraction of sp³-hybridized carbons (Fsp3) is 0.500. The molecule has 6 heteroatoms. The summed E-state index contributed by atoms with van der Waals surface area (Å²) >= 11 is 3.26. The molecule has 0 spiro atoms. The quantitative estimate of drug-likeness (QED) is 0.838. The van der Waals surface area contributed by atoms with Gasteiger partial charge in [0.25, 0.3) is 0 Å². The fourth-order valence-corrected chi connectivity index (χ4v) is 3.41. The first kappa shape index (κ1) is 15.6. The molecule has 0 saturated heterocycles. The molecule has 1 aromatic carbocycles. The highest BCUT2D eigenvalue weighted by Gasteiger charge is 2.31. The van der Waals surface area contributed by atoms with Gasteiger partial charge in [0.2, 0.25) is 10.0 Å². The van der Waals surface area contributed by atoms with Crippen LogP contribution in [0.4, 0.5) is 0 Å². The smallest absolute Gasteiger partial charge is 0.241 e. The van der Waals surface area contributed by atoms with Crippen molar-refractivity contribution >= 4 is 26.0 Å². The first-order chi connectivity index (χ1) is 8.39. The van der Waals surface area contributed by atoms with E-state index in [-0.39, 0.29) is 11.5 Å². The van der Waals surface area contributed by atoms with Crippen LogP contribution in [0.15, 0.2) is 33.6 Å². The molecule has 0 aromatic heterocycles. The Morgan fingerprint density at radius 2 is 1.72 bits per heavy atom. The minimum Gasteiger partial charge on any atom is -0.394 e. The molecule has 0 fully saturated rings. The molecule has 1 rings (SSSR count). The number of hydrogen-bond donors (Lipinski definition) is 2. The number of hydrogen-bond acceptors (Lipinski definition) is 3. The van der Waals surface area contributed by atoms with E-state index in [1.165, 1.54) is 12.1 Å². The summed E-state index contributed by atoms with van der Waals surface area (Å²) in [6, 6.07) is 6.40. The Morgan fingerprint density at radius 1 is 1.22 bits per heavy atom. The molecule has 18 heavy (non-hydrogen) atoms. The number of aliphatic hydroxyl groups is 1. The van der Waals surface area contributed by atoms with Crippen LogP contribution in [-0.2, 0) is 10.0 Å². The SMILES string of the molecule is CCC(CC)(CO)NS(=O)(=O)c1ccc(Br)cc1. The predicted octanol–water partition coefficient (Wildman–Crippen LogP) is 2.28. The minimum atomic E-state index is -3.60. The third kappa shape index (κ3) is 3.54. The van der Waals surface area contributed by atoms with E-state index in [2.05, 4.69) is 20.7 Å². The van der Waals surface area contributed by atoms with Gasteiger partial charge in [-0.1, -0.05) is 29.8 Å². The van der Waals surface area contributed by atoms with Gasteiger partial charge in [-0.25, -0.2) is 13.1 Å². The van der Waals surface area contributed by atoms with Crippen LogP contribution >= 0.6 is 15.9 Å². The Bertz CT molecular complexity index is 472. The van der Waals surface area contributed by atoms with Crippen LogP contribution in [0.1, 0.15) is 26.7 Å². The fourth-order valence-electron chi connectivity index (χ4n) is 1.61. The minimum absolute atomic E-state index is 0.199. The van der Waals surface area contributed by atoms with Gasteiger partial charge in [0.05, 0.1) is 17.0 Å². The number of aliphatic hydroxyl groups excluding tert-OH is 1. The highest BCUT2D eigenvalue weighted by molar-refractivity contribution is 9.10. The second-order valence-corrected chi connectivity index (χ2v) is 6.80. The highest BCUT2D eigenvalue weighted by atomic mass is 79.9. The molecule has 0 bridgehead atoms. The van der Waals surface area contributed by atoms with Crippen molar-refractivity contribution in [3.05, 3.63) is 28.7 Å². The molecule has 102 valence electrons. The van der Waals surface area contributed by atoms with Crippen molar-refractivity contribution in [2.75, 3.05) is 6.61 Å². The lowest BCUT2D eigenvalue weighted by Gasteiger charge is -2.30. The van der Waals surface area contributed by atoms with Gasteiger partial charge in [0, 0.05) is 4.47 Å². The summed E-state index contributed by atoms with van der Waals surface area (Å²) in [6.45, 7) is 3.49. The summed E-state index contributed by atoms with van der Waals surface area (Å²) in [5, 5.41) is 9.40. The first-order valence-electron chi connectivity index (χ1n) is 5.79. The summed E-state index contributed by atoms with van der Waals surface area (Å²) in [4.78, 5) is 0.199. The number of rotatable bonds is 6. The summed E-state index contributed by atoms with van der Waals surface area (Å²) in [7, 11) is -3.60. The van der Waals surface area contributed by atoms with Crippen molar-refractivity contribution < 1.29 is 13.5 Å². The van der Waals surface area contributed by atoms with Gasteiger partial charge in [-0.15, -0.1) is 0 Å². The van der Waals surface area contributed by atoms with Crippen molar-refractivity contribution in [3.63, 3.8) is 0 Å². The molecule has 0 aliphatic carbocycles. The number of halogens is 1. The normalized spacial score (nSPS) is 12.7. The molecule has 2 N–H and O–H groups in total. The molecule has 0 aliphatic rings. The third-order valence-corrected chi connectivity index (χ3v) is 5.25. The topological polar surface area (TPSA) is 66.4 Å². The van der Waals surface area contributed by atoms with Gasteiger partial charge in [-0.3, -0.25) is 0 Å². The number of sulfonamides is 1. The molecular weight excluding hydrogens is 318 g/mol. The van der Waals surface area contributed by atoms with E-state index in [0.717, 1.165) is 4.47 Å². The van der Waals surface area contributed by atoms with E-state index in [4.69, 9.17) is 0 Å². The zero-order valence-corrected chi connectivity index (χ0v) is 12.9. The molecule has 0 aliphatic heterocycles. The average molecular weight is 336 g/mol. The van der Waals surface area contributed by atoms with E-state index in [1.807, 2.05) is 13.8 Å². The number of benzene rings is 1. The Balaban J connectivity index is 3.04. The molecule has 0 saturated carbocycles. The van der Waals surface area contributed by atoms with E-state index in [9.17, 15) is 13.5 Å². The van der Waals surface area contributed by atoms with Crippen molar-refractivity contribution in [1.29, 1.82) is 0 Å². The Kier molecular flexibility index (Phi) is 5.33. The molecule has 0 atom stereocenters. The lowest BCUT2D eigenvalue weighted by molar-refractivity contribution is 0.172. The second-order valence-electron chi connectivity index (χ2n) is 4.20. The van der Waals surface area contributed by atoms with Crippen LogP contribution in [0.25, 0.3) is 0 Å². The van der Waals surface area contributed by atoms with Gasteiger partial charge in [-0.05, 0) is 37.1 Å². The molecular formula is C12H18BrNO3S. The van der Waals surface area contributed by atoms with Crippen molar-refractivity contribution in [1.82, 2.24) is 4.72 Å². The van der Waals surface area contributed by atoms with Gasteiger partial charge >= 0.3 is 0 Å². The van der Waals surface area contributed by atoms with Crippen LogP contribution in [0.2, 0.25) is 0 Å². The van der Waals surface area contributed by atoms with Crippen LogP contribution < -0.4 is 4.72 Å². The van der Waals surface area contributed by atoms with E-state index < -0.39 is 15.6 Å². The third-order valence-electron chi connectivity index (χ3n) is 3.13. The van der Waals surface area contributed by atoms with Gasteiger partial charge in [-0.2, -0.15) is 0 Å². The van der Waals surface area contributed by atoms with Gasteiger partial charge in [0.15, 0.2) is 0 Å². The average Bonchev–Trinajstić information content (AvgIpc) is 2.37. The molecule has 0 amide bonds. The number of nitrogens with one attached hydrogen (secondary N) is 1. The second kappa shape index (κ2) is 6.14. The zero-order chi connectivity index (χ0) is 13.8. The maximum absolute atomic E-state index is 12.2. The standard InChI is InChI=1S/C12H18BrNO3S/c1-3-12(4-2,9-15)14-18(16,17)11-7-5-10(13)6-8-11/h5-8,14-15H,3-4,9H2,1-2H3. The lowest BCUT2D eigenvalue weighted by Crippen LogP contribution is -2.50. The lowest BCUT2D eigenvalue weighted by atomic mass is 9.96. The van der Waals surface area contributed by atoms with Crippen LogP contribution in [0.3, 0.4) is 0 Å². The Morgan fingerprint density at radius 3 is 2.11 bits per heavy atom. The monoisotopic (exact) mass is 335 g/mol. The van der Waals surface area contributed by atoms with Crippen LogP contribution in [0, 0.1) is 0 Å². The van der Waals surface area contributed by atoms with Crippen molar-refractivity contribution in [3.8, 4) is 0 Å². The zero-order valence-electron chi connectivity index (χ0n) is 10.5. The first-order valence-corrected chi connectivity index (χ1v) is 8.07. The molecule has 4 nitrogen and oxygen atoms in total. The van der Waals surface area contributed by atoms with E-state index >= 15 is 0 Å². The predicted molar refractivity (Wildman–Crippen MR) is 74.9 cm³/mol. The van der Waals surface area contributed by atoms with Crippen LogP contribution in [-0.4, -0.2) is 25.7 Å². The molecule has 0 radical (unpaired) electrons. The van der Waals surface area contributed by atoms with E-state index in [1.54, 1.807) is 12.1 Å². The van der Waals surface area contributed by atoms with Crippen molar-refractivity contribution in [2.24, 2.45) is 0 Å². The van der Waals surface area contributed by atoms with E-state index in [0.29, 0.717) is 12.8 Å². The molecule has 0 heterocycles. The van der Waals surface area contributed by atoms with Crippen LogP contribution in [0.5, 0.6) is 0 Å². The largest absolute Gasteiger partial charge is 0.394 e. The summed E-state index contributed by atoms with van der Waals surface area (Å²) in [5.74, 6) is 0. The Hall–Kier alpha value is -0.430. The van der Waals surface area contributed by atoms with Crippen molar-refractivity contribution in [2.45, 2.75) is 37.1 Å². The molecule has 1 aromatic rings. The van der Waals surface area contributed by atoms with Gasteiger partial charge < -0.3 is 5.11 Å². The summed E-state index contributed by atoms with van der Waals surface area (Å²) in [5.41, 5.74) is -0.786. The highest BCUT2D eigenvalue weighted by Crippen LogP contribution is 2.20. The Labute approximate surface area is 117 Å². The molecule has 0 unspecified atom stereocenters. The summed E-state index contributed by atoms with van der Waals surface area (Å²) in [6.07, 6.45) is 1.07.